The van der Waals surface area contributed by atoms with Crippen molar-refractivity contribution in [1.82, 2.24) is 19.9 Å². The number of pyridine rings is 1. The van der Waals surface area contributed by atoms with Crippen molar-refractivity contribution in [2.45, 2.75) is 45.1 Å². The highest BCUT2D eigenvalue weighted by atomic mass is 16.5. The molecule has 150 valence electrons. The summed E-state index contributed by atoms with van der Waals surface area (Å²) in [5.74, 6) is 2.29. The lowest BCUT2D eigenvalue weighted by Crippen LogP contribution is -2.26. The molecule has 1 N–H and O–H groups in total. The number of nitrogens with one attached hydrogen (secondary N) is 1. The van der Waals surface area contributed by atoms with E-state index in [-0.39, 0.29) is 0 Å². The van der Waals surface area contributed by atoms with E-state index in [9.17, 15) is 0 Å². The number of hydrogen-bond acceptors (Lipinski definition) is 8. The Kier molecular flexibility index (Phi) is 6.04. The number of ether oxygens (including phenoxy) is 1. The molecule has 0 amide bonds. The fourth-order valence-electron chi connectivity index (χ4n) is 3.76. The van der Waals surface area contributed by atoms with Crippen molar-refractivity contribution < 1.29 is 4.74 Å². The average Bonchev–Trinajstić information content (AvgIpc) is 3.14. The highest BCUT2D eigenvalue weighted by molar-refractivity contribution is 5.42. The molecule has 2 aliphatic heterocycles. The third-order valence-electron chi connectivity index (χ3n) is 5.36. The van der Waals surface area contributed by atoms with E-state index in [1.54, 1.807) is 7.11 Å². The van der Waals surface area contributed by atoms with Crippen molar-refractivity contribution in [3.63, 3.8) is 0 Å². The quantitative estimate of drug-likeness (QED) is 0.816. The molecular weight excluding hydrogens is 354 g/mol. The summed E-state index contributed by atoms with van der Waals surface area (Å²) in [6.45, 7) is 4.78. The van der Waals surface area contributed by atoms with E-state index in [2.05, 4.69) is 47.2 Å². The molecule has 0 unspecified atom stereocenters. The van der Waals surface area contributed by atoms with E-state index in [4.69, 9.17) is 4.74 Å². The zero-order valence-corrected chi connectivity index (χ0v) is 16.6. The van der Waals surface area contributed by atoms with Gasteiger partial charge in [-0.05, 0) is 37.3 Å². The summed E-state index contributed by atoms with van der Waals surface area (Å²) < 4.78 is 5.30. The molecule has 0 aliphatic carbocycles. The van der Waals surface area contributed by atoms with E-state index < -0.39 is 0 Å². The molecule has 4 rings (SSSR count). The van der Waals surface area contributed by atoms with Crippen molar-refractivity contribution in [2.24, 2.45) is 0 Å². The zero-order valence-electron chi connectivity index (χ0n) is 16.6. The molecule has 0 radical (unpaired) electrons. The van der Waals surface area contributed by atoms with Gasteiger partial charge in [0, 0.05) is 38.9 Å². The SMILES string of the molecule is COc1nc(NCc2ccc(N3CCCC3)nc2)nc(N2CCCCCC2)n1. The van der Waals surface area contributed by atoms with Gasteiger partial charge in [0.25, 0.3) is 0 Å². The van der Waals surface area contributed by atoms with Gasteiger partial charge in [-0.15, -0.1) is 0 Å². The fraction of sp³-hybridized carbons (Fsp3) is 0.600. The molecule has 4 heterocycles. The molecule has 2 aromatic rings. The molecule has 8 nitrogen and oxygen atoms in total. The standard InChI is InChI=1S/C20H29N7O/c1-28-20-24-18(23-19(25-20)27-12-4-2-3-5-13-27)22-15-16-8-9-17(21-14-16)26-10-6-7-11-26/h8-9,14H,2-7,10-13,15H2,1H3,(H,22,23,24,25). The summed E-state index contributed by atoms with van der Waals surface area (Å²) in [7, 11) is 1.59. The Balaban J connectivity index is 1.42. The molecule has 0 bridgehead atoms. The minimum Gasteiger partial charge on any atom is -0.467 e. The van der Waals surface area contributed by atoms with Gasteiger partial charge in [0.05, 0.1) is 7.11 Å². The fourth-order valence-corrected chi connectivity index (χ4v) is 3.76. The maximum Gasteiger partial charge on any atom is 0.322 e. The van der Waals surface area contributed by atoms with E-state index in [1.165, 1.54) is 38.5 Å². The summed E-state index contributed by atoms with van der Waals surface area (Å²) in [4.78, 5) is 22.6. The molecule has 2 aromatic heterocycles. The molecule has 8 heteroatoms. The molecule has 0 saturated carbocycles. The summed E-state index contributed by atoms with van der Waals surface area (Å²) >= 11 is 0. The third-order valence-corrected chi connectivity index (χ3v) is 5.36. The van der Waals surface area contributed by atoms with Gasteiger partial charge in [-0.1, -0.05) is 18.9 Å². The van der Waals surface area contributed by atoms with E-state index in [0.29, 0.717) is 24.5 Å². The first-order valence-corrected chi connectivity index (χ1v) is 10.3. The predicted molar refractivity (Wildman–Crippen MR) is 110 cm³/mol. The molecule has 2 fully saturated rings. The van der Waals surface area contributed by atoms with Crippen LogP contribution in [-0.4, -0.2) is 53.2 Å². The largest absolute Gasteiger partial charge is 0.467 e. The summed E-state index contributed by atoms with van der Waals surface area (Å²) in [6, 6.07) is 4.56. The molecule has 2 aliphatic rings. The second kappa shape index (κ2) is 9.03. The number of hydrogen-bond donors (Lipinski definition) is 1. The average molecular weight is 384 g/mol. The van der Waals surface area contributed by atoms with Gasteiger partial charge in [0.15, 0.2) is 0 Å². The minimum atomic E-state index is 0.347. The molecule has 0 aromatic carbocycles. The summed E-state index contributed by atoms with van der Waals surface area (Å²) in [6.07, 6.45) is 9.32. The Morgan fingerprint density at radius 2 is 1.61 bits per heavy atom. The van der Waals surface area contributed by atoms with Crippen LogP contribution in [0.5, 0.6) is 6.01 Å². The number of rotatable bonds is 6. The van der Waals surface area contributed by atoms with Crippen LogP contribution in [0.15, 0.2) is 18.3 Å². The van der Waals surface area contributed by atoms with Gasteiger partial charge in [-0.2, -0.15) is 15.0 Å². The van der Waals surface area contributed by atoms with Crippen molar-refractivity contribution in [2.75, 3.05) is 48.4 Å². The Labute approximate surface area is 166 Å². The Bertz CT molecular complexity index is 754. The molecular formula is C20H29N7O. The monoisotopic (exact) mass is 383 g/mol. The first-order valence-electron chi connectivity index (χ1n) is 10.3. The number of aromatic nitrogens is 4. The first kappa shape index (κ1) is 18.7. The van der Waals surface area contributed by atoms with Gasteiger partial charge in [0.1, 0.15) is 5.82 Å². The second-order valence-corrected chi connectivity index (χ2v) is 7.42. The normalized spacial score (nSPS) is 17.5. The Morgan fingerprint density at radius 3 is 2.29 bits per heavy atom. The first-order chi connectivity index (χ1) is 13.8. The Hall–Kier alpha value is -2.64. The smallest absolute Gasteiger partial charge is 0.322 e. The maximum absolute atomic E-state index is 5.30. The zero-order chi connectivity index (χ0) is 19.2. The van der Waals surface area contributed by atoms with E-state index in [0.717, 1.165) is 37.6 Å². The van der Waals surface area contributed by atoms with Crippen LogP contribution >= 0.6 is 0 Å². The highest BCUT2D eigenvalue weighted by Crippen LogP contribution is 2.20. The Morgan fingerprint density at radius 1 is 0.893 bits per heavy atom. The van der Waals surface area contributed by atoms with Crippen LogP contribution in [0, 0.1) is 0 Å². The van der Waals surface area contributed by atoms with Crippen molar-refractivity contribution in [3.8, 4) is 6.01 Å². The minimum absolute atomic E-state index is 0.347. The lowest BCUT2D eigenvalue weighted by atomic mass is 10.2. The molecule has 2 saturated heterocycles. The van der Waals surface area contributed by atoms with Crippen LogP contribution in [0.1, 0.15) is 44.1 Å². The van der Waals surface area contributed by atoms with Crippen LogP contribution < -0.4 is 19.9 Å². The molecule has 0 spiro atoms. The third kappa shape index (κ3) is 4.61. The van der Waals surface area contributed by atoms with Crippen molar-refractivity contribution in [1.29, 1.82) is 0 Å². The molecule has 0 atom stereocenters. The van der Waals surface area contributed by atoms with E-state index >= 15 is 0 Å². The van der Waals surface area contributed by atoms with Gasteiger partial charge in [-0.25, -0.2) is 4.98 Å². The van der Waals surface area contributed by atoms with Crippen LogP contribution in [0.25, 0.3) is 0 Å². The van der Waals surface area contributed by atoms with Crippen LogP contribution in [-0.2, 0) is 6.54 Å². The summed E-state index contributed by atoms with van der Waals surface area (Å²) in [5, 5.41) is 3.30. The van der Waals surface area contributed by atoms with Gasteiger partial charge < -0.3 is 19.9 Å². The lowest BCUT2D eigenvalue weighted by Gasteiger charge is -2.20. The number of nitrogens with zero attached hydrogens (tertiary/aromatic N) is 6. The van der Waals surface area contributed by atoms with E-state index in [1.807, 2.05) is 6.20 Å². The second-order valence-electron chi connectivity index (χ2n) is 7.42. The maximum atomic E-state index is 5.30. The van der Waals surface area contributed by atoms with Gasteiger partial charge >= 0.3 is 6.01 Å². The van der Waals surface area contributed by atoms with Crippen molar-refractivity contribution >= 4 is 17.7 Å². The van der Waals surface area contributed by atoms with Crippen LogP contribution in [0.4, 0.5) is 17.7 Å². The topological polar surface area (TPSA) is 79.3 Å². The van der Waals surface area contributed by atoms with Gasteiger partial charge in [-0.3, -0.25) is 0 Å². The summed E-state index contributed by atoms with van der Waals surface area (Å²) in [5.41, 5.74) is 1.10. The van der Waals surface area contributed by atoms with Crippen LogP contribution in [0.2, 0.25) is 0 Å². The highest BCUT2D eigenvalue weighted by Gasteiger charge is 2.16. The lowest BCUT2D eigenvalue weighted by molar-refractivity contribution is 0.378. The van der Waals surface area contributed by atoms with Gasteiger partial charge in [0.2, 0.25) is 11.9 Å². The van der Waals surface area contributed by atoms with Crippen molar-refractivity contribution in [3.05, 3.63) is 23.9 Å². The number of anilines is 3. The predicted octanol–water partition coefficient (Wildman–Crippen LogP) is 2.87. The number of methoxy groups -OCH3 is 1. The molecule has 28 heavy (non-hydrogen) atoms. The van der Waals surface area contributed by atoms with Crippen LogP contribution in [0.3, 0.4) is 0 Å².